The van der Waals surface area contributed by atoms with Crippen LogP contribution >= 0.6 is 11.6 Å². The minimum atomic E-state index is -4.43. The fourth-order valence-corrected chi connectivity index (χ4v) is 4.83. The van der Waals surface area contributed by atoms with Gasteiger partial charge < -0.3 is 10.2 Å². The molecule has 2 aromatic carbocycles. The van der Waals surface area contributed by atoms with Crippen LogP contribution in [0.4, 0.5) is 18.9 Å². The van der Waals surface area contributed by atoms with E-state index in [1.807, 2.05) is 0 Å². The van der Waals surface area contributed by atoms with Crippen LogP contribution in [0.3, 0.4) is 0 Å². The molecule has 1 aliphatic heterocycles. The third-order valence-electron chi connectivity index (χ3n) is 4.93. The molecule has 1 heterocycles. The number of hydrogen-bond acceptors (Lipinski definition) is 4. The third-order valence-corrected chi connectivity index (χ3v) is 7.14. The first-order chi connectivity index (χ1) is 14.6. The molecule has 1 fully saturated rings. The monoisotopic (exact) mass is 475 g/mol. The van der Waals surface area contributed by atoms with Crippen molar-refractivity contribution in [1.29, 1.82) is 0 Å². The summed E-state index contributed by atoms with van der Waals surface area (Å²) in [6.45, 7) is 0.757. The van der Waals surface area contributed by atoms with Gasteiger partial charge in [-0.3, -0.25) is 4.79 Å². The first kappa shape index (κ1) is 23.4. The van der Waals surface area contributed by atoms with Gasteiger partial charge >= 0.3 is 6.18 Å². The number of rotatable bonds is 6. The van der Waals surface area contributed by atoms with Crippen LogP contribution in [0, 0.1) is 0 Å². The lowest BCUT2D eigenvalue weighted by Crippen LogP contribution is -2.50. The second-order valence-corrected chi connectivity index (χ2v) is 9.48. The maximum atomic E-state index is 12.9. The van der Waals surface area contributed by atoms with Gasteiger partial charge in [-0.15, -0.1) is 0 Å². The Bertz CT molecular complexity index is 1040. The Kier molecular flexibility index (Phi) is 7.13. The van der Waals surface area contributed by atoms with Gasteiger partial charge in [-0.25, -0.2) is 8.42 Å². The molecule has 0 radical (unpaired) electrons. The maximum absolute atomic E-state index is 12.9. The maximum Gasteiger partial charge on any atom is 0.416 e. The normalized spacial score (nSPS) is 15.7. The lowest BCUT2D eigenvalue weighted by Gasteiger charge is -2.35. The topological polar surface area (TPSA) is 69.7 Å². The highest BCUT2D eigenvalue weighted by atomic mass is 35.5. The van der Waals surface area contributed by atoms with Crippen LogP contribution in [-0.4, -0.2) is 57.1 Å². The summed E-state index contributed by atoms with van der Waals surface area (Å²) in [5.74, 6) is -0.748. The number of carbonyl (C=O) groups excluding carboxylic acids is 1. The van der Waals surface area contributed by atoms with Crippen molar-refractivity contribution in [2.24, 2.45) is 0 Å². The summed E-state index contributed by atoms with van der Waals surface area (Å²) >= 11 is 5.95. The van der Waals surface area contributed by atoms with Gasteiger partial charge in [0, 0.05) is 38.4 Å². The van der Waals surface area contributed by atoms with E-state index in [-0.39, 0.29) is 49.1 Å². The summed E-state index contributed by atoms with van der Waals surface area (Å²) in [7, 11) is -3.63. The lowest BCUT2D eigenvalue weighted by atomic mass is 10.1. The van der Waals surface area contributed by atoms with Gasteiger partial charge in [-0.05, 0) is 30.3 Å². The van der Waals surface area contributed by atoms with E-state index < -0.39 is 27.7 Å². The van der Waals surface area contributed by atoms with Crippen molar-refractivity contribution < 1.29 is 26.4 Å². The first-order valence-electron chi connectivity index (χ1n) is 9.51. The molecule has 0 saturated carbocycles. The predicted molar refractivity (Wildman–Crippen MR) is 113 cm³/mol. The molecular formula is C20H21ClF3N3O3S. The van der Waals surface area contributed by atoms with E-state index in [2.05, 4.69) is 5.32 Å². The van der Waals surface area contributed by atoms with Crippen molar-refractivity contribution >= 4 is 33.2 Å². The molecule has 0 unspecified atom stereocenters. The van der Waals surface area contributed by atoms with Crippen molar-refractivity contribution in [2.45, 2.75) is 6.18 Å². The third kappa shape index (κ3) is 5.90. The van der Waals surface area contributed by atoms with Gasteiger partial charge in [0.25, 0.3) is 5.91 Å². The predicted octanol–water partition coefficient (Wildman–Crippen LogP) is 3.24. The summed E-state index contributed by atoms with van der Waals surface area (Å²) in [6, 6.07) is 11.4. The Morgan fingerprint density at radius 1 is 1.03 bits per heavy atom. The van der Waals surface area contributed by atoms with E-state index in [1.54, 1.807) is 35.2 Å². The number of halogens is 4. The molecule has 168 valence electrons. The average Bonchev–Trinajstić information content (AvgIpc) is 2.73. The molecule has 3 rings (SSSR count). The lowest BCUT2D eigenvalue weighted by molar-refractivity contribution is -0.137. The van der Waals surface area contributed by atoms with E-state index in [0.717, 1.165) is 12.1 Å². The highest BCUT2D eigenvalue weighted by Crippen LogP contribution is 2.32. The van der Waals surface area contributed by atoms with Crippen molar-refractivity contribution in [3.05, 3.63) is 64.7 Å². The summed E-state index contributed by atoms with van der Waals surface area (Å²) < 4.78 is 65.2. The molecule has 6 nitrogen and oxygen atoms in total. The van der Waals surface area contributed by atoms with Crippen molar-refractivity contribution in [3.63, 3.8) is 0 Å². The number of anilines is 1. The summed E-state index contributed by atoms with van der Waals surface area (Å²) in [6.07, 6.45) is -4.43. The number of nitrogens with one attached hydrogen (secondary N) is 1. The number of benzene rings is 2. The van der Waals surface area contributed by atoms with Crippen LogP contribution in [0.1, 0.15) is 15.9 Å². The van der Waals surface area contributed by atoms with Crippen LogP contribution < -0.4 is 10.2 Å². The molecule has 1 saturated heterocycles. The zero-order valence-electron chi connectivity index (χ0n) is 16.4. The number of alkyl halides is 3. The molecule has 0 aliphatic carbocycles. The van der Waals surface area contributed by atoms with E-state index in [9.17, 15) is 26.4 Å². The molecule has 0 spiro atoms. The van der Waals surface area contributed by atoms with E-state index in [4.69, 9.17) is 11.6 Å². The van der Waals surface area contributed by atoms with Crippen molar-refractivity contribution in [3.8, 4) is 0 Å². The summed E-state index contributed by atoms with van der Waals surface area (Å²) in [5, 5.41) is 2.82. The molecule has 31 heavy (non-hydrogen) atoms. The second kappa shape index (κ2) is 9.46. The van der Waals surface area contributed by atoms with Gasteiger partial charge in [0.1, 0.15) is 0 Å². The van der Waals surface area contributed by atoms with Gasteiger partial charge in [0.15, 0.2) is 0 Å². The van der Waals surface area contributed by atoms with Gasteiger partial charge in [-0.2, -0.15) is 17.5 Å². The van der Waals surface area contributed by atoms with E-state index in [1.165, 1.54) is 10.4 Å². The highest BCUT2D eigenvalue weighted by molar-refractivity contribution is 7.89. The molecule has 1 N–H and O–H groups in total. The second-order valence-electron chi connectivity index (χ2n) is 6.99. The molecule has 1 amide bonds. The summed E-state index contributed by atoms with van der Waals surface area (Å²) in [4.78, 5) is 13.9. The van der Waals surface area contributed by atoms with Crippen LogP contribution in [0.15, 0.2) is 48.5 Å². The Balaban J connectivity index is 1.53. The van der Waals surface area contributed by atoms with Gasteiger partial charge in [0.05, 0.1) is 21.9 Å². The molecule has 2 aromatic rings. The minimum absolute atomic E-state index is 0.0831. The SMILES string of the molecule is O=C(NCCS(=O)(=O)N1CCN(c2cccc(C(F)(F)F)c2)CC1)c1ccccc1Cl. The average molecular weight is 476 g/mol. The van der Waals surface area contributed by atoms with Crippen LogP contribution in [0.5, 0.6) is 0 Å². The zero-order chi connectivity index (χ0) is 22.6. The number of nitrogens with zero attached hydrogens (tertiary/aromatic N) is 2. The van der Waals surface area contributed by atoms with Crippen LogP contribution in [0.2, 0.25) is 5.02 Å². The standard InChI is InChI=1S/C20H21ClF3N3O3S/c21-18-7-2-1-6-17(18)19(28)25-8-13-31(29,30)27-11-9-26(10-12-27)16-5-3-4-15(14-16)20(22,23)24/h1-7,14H,8-13H2,(H,25,28). The van der Waals surface area contributed by atoms with Crippen molar-refractivity contribution in [1.82, 2.24) is 9.62 Å². The fraction of sp³-hybridized carbons (Fsp3) is 0.350. The van der Waals surface area contributed by atoms with E-state index in [0.29, 0.717) is 5.69 Å². The van der Waals surface area contributed by atoms with Crippen molar-refractivity contribution in [2.75, 3.05) is 43.4 Å². The number of piperazine rings is 1. The quantitative estimate of drug-likeness (QED) is 0.696. The number of hydrogen-bond donors (Lipinski definition) is 1. The van der Waals surface area contributed by atoms with Crippen LogP contribution in [0.25, 0.3) is 0 Å². The largest absolute Gasteiger partial charge is 0.416 e. The number of carbonyl (C=O) groups is 1. The number of amides is 1. The zero-order valence-corrected chi connectivity index (χ0v) is 18.0. The Morgan fingerprint density at radius 3 is 2.35 bits per heavy atom. The van der Waals surface area contributed by atoms with Gasteiger partial charge in [0.2, 0.25) is 10.0 Å². The minimum Gasteiger partial charge on any atom is -0.369 e. The van der Waals surface area contributed by atoms with Gasteiger partial charge in [-0.1, -0.05) is 29.8 Å². The Labute approximate surface area is 183 Å². The molecule has 1 aliphatic rings. The smallest absolute Gasteiger partial charge is 0.369 e. The Hall–Kier alpha value is -2.30. The molecule has 11 heteroatoms. The van der Waals surface area contributed by atoms with E-state index >= 15 is 0 Å². The van der Waals surface area contributed by atoms with Crippen LogP contribution in [-0.2, 0) is 16.2 Å². The molecule has 0 atom stereocenters. The Morgan fingerprint density at radius 2 is 1.71 bits per heavy atom. The number of sulfonamides is 1. The first-order valence-corrected chi connectivity index (χ1v) is 11.5. The fourth-order valence-electron chi connectivity index (χ4n) is 3.27. The highest BCUT2D eigenvalue weighted by Gasteiger charge is 2.32. The molecular weight excluding hydrogens is 455 g/mol. The molecule has 0 bridgehead atoms. The summed E-state index contributed by atoms with van der Waals surface area (Å²) in [5.41, 5.74) is -0.0792. The molecule has 0 aromatic heterocycles.